The van der Waals surface area contributed by atoms with E-state index in [2.05, 4.69) is 15.3 Å². The molecule has 1 heterocycles. The first-order valence-electron chi connectivity index (χ1n) is 6.05. The van der Waals surface area contributed by atoms with Gasteiger partial charge in [0.1, 0.15) is 6.04 Å². The van der Waals surface area contributed by atoms with E-state index in [1.54, 1.807) is 13.1 Å². The largest absolute Gasteiger partial charge is 0.480 e. The predicted octanol–water partition coefficient (Wildman–Crippen LogP) is 0.958. The molecule has 0 spiro atoms. The molecular weight excluding hydrogens is 234 g/mol. The van der Waals surface area contributed by atoms with Crippen molar-refractivity contribution in [1.82, 2.24) is 15.3 Å². The Balaban J connectivity index is 2.58. The fraction of sp³-hybridized carbons (Fsp3) is 0.583. The van der Waals surface area contributed by atoms with Crippen LogP contribution in [0.4, 0.5) is 0 Å². The van der Waals surface area contributed by atoms with Gasteiger partial charge in [-0.1, -0.05) is 20.3 Å². The number of hydrogen-bond acceptors (Lipinski definition) is 3. The van der Waals surface area contributed by atoms with Gasteiger partial charge in [-0.05, 0) is 6.42 Å². The van der Waals surface area contributed by atoms with Gasteiger partial charge in [-0.2, -0.15) is 0 Å². The number of aliphatic carboxylic acids is 1. The second kappa shape index (κ2) is 6.78. The zero-order valence-electron chi connectivity index (χ0n) is 10.6. The average molecular weight is 253 g/mol. The number of nitrogens with zero attached hydrogens (tertiary/aromatic N) is 1. The van der Waals surface area contributed by atoms with Crippen molar-refractivity contribution < 1.29 is 14.7 Å². The molecule has 0 radical (unpaired) electrons. The third-order valence-corrected chi connectivity index (χ3v) is 2.76. The zero-order chi connectivity index (χ0) is 13.5. The standard InChI is InChI=1S/C12H19N3O3/c1-3-4-8(2)11(16)15-10(12(17)18)5-9-6-13-7-14-9/h6-8,10H,3-5H2,1-2H3,(H,13,14)(H,15,16)(H,17,18)/t8?,10-/m1/s1. The fourth-order valence-corrected chi connectivity index (χ4v) is 1.69. The molecule has 100 valence electrons. The molecule has 0 bridgehead atoms. The summed E-state index contributed by atoms with van der Waals surface area (Å²) in [4.78, 5) is 29.5. The lowest BCUT2D eigenvalue weighted by Gasteiger charge is -2.16. The summed E-state index contributed by atoms with van der Waals surface area (Å²) in [6, 6.07) is -0.919. The number of rotatable bonds is 7. The minimum atomic E-state index is -1.04. The normalized spacial score (nSPS) is 13.9. The Morgan fingerprint density at radius 3 is 2.78 bits per heavy atom. The SMILES string of the molecule is CCCC(C)C(=O)N[C@H](Cc1cnc[nH]1)C(=O)O. The lowest BCUT2D eigenvalue weighted by Crippen LogP contribution is -2.44. The number of nitrogens with one attached hydrogen (secondary N) is 2. The quantitative estimate of drug-likeness (QED) is 0.674. The maximum atomic E-state index is 11.8. The van der Waals surface area contributed by atoms with Crippen LogP contribution < -0.4 is 5.32 Å². The number of carboxylic acid groups (broad SMARTS) is 1. The lowest BCUT2D eigenvalue weighted by atomic mass is 10.0. The molecule has 1 unspecified atom stereocenters. The van der Waals surface area contributed by atoms with Gasteiger partial charge < -0.3 is 15.4 Å². The molecule has 2 atom stereocenters. The highest BCUT2D eigenvalue weighted by Crippen LogP contribution is 2.06. The molecule has 1 amide bonds. The van der Waals surface area contributed by atoms with Crippen molar-refractivity contribution in [3.05, 3.63) is 18.2 Å². The zero-order valence-corrected chi connectivity index (χ0v) is 10.6. The molecule has 0 saturated carbocycles. The van der Waals surface area contributed by atoms with Crippen LogP contribution in [0.15, 0.2) is 12.5 Å². The minimum absolute atomic E-state index is 0.168. The molecule has 0 fully saturated rings. The molecule has 0 aliphatic rings. The van der Waals surface area contributed by atoms with E-state index in [-0.39, 0.29) is 18.2 Å². The van der Waals surface area contributed by atoms with Gasteiger partial charge in [0.2, 0.25) is 5.91 Å². The van der Waals surface area contributed by atoms with E-state index in [0.29, 0.717) is 5.69 Å². The number of imidazole rings is 1. The lowest BCUT2D eigenvalue weighted by molar-refractivity contribution is -0.142. The highest BCUT2D eigenvalue weighted by atomic mass is 16.4. The van der Waals surface area contributed by atoms with Crippen molar-refractivity contribution in [1.29, 1.82) is 0 Å². The van der Waals surface area contributed by atoms with Crippen LogP contribution in [0.25, 0.3) is 0 Å². The third-order valence-electron chi connectivity index (χ3n) is 2.76. The maximum absolute atomic E-state index is 11.8. The van der Waals surface area contributed by atoms with E-state index in [1.807, 2.05) is 6.92 Å². The number of amides is 1. The van der Waals surface area contributed by atoms with Crippen LogP contribution in [0.5, 0.6) is 0 Å². The summed E-state index contributed by atoms with van der Waals surface area (Å²) in [5.74, 6) is -1.43. The van der Waals surface area contributed by atoms with E-state index in [0.717, 1.165) is 12.8 Å². The summed E-state index contributed by atoms with van der Waals surface area (Å²) in [5, 5.41) is 11.6. The smallest absolute Gasteiger partial charge is 0.326 e. The Morgan fingerprint density at radius 1 is 1.56 bits per heavy atom. The molecular formula is C12H19N3O3. The summed E-state index contributed by atoms with van der Waals surface area (Å²) in [5.41, 5.74) is 0.686. The van der Waals surface area contributed by atoms with Gasteiger partial charge in [-0.3, -0.25) is 4.79 Å². The first-order valence-corrected chi connectivity index (χ1v) is 6.05. The van der Waals surface area contributed by atoms with Crippen LogP contribution in [0.2, 0.25) is 0 Å². The molecule has 0 saturated heterocycles. The van der Waals surface area contributed by atoms with E-state index in [1.165, 1.54) is 6.33 Å². The fourth-order valence-electron chi connectivity index (χ4n) is 1.69. The summed E-state index contributed by atoms with van der Waals surface area (Å²) in [6.07, 6.45) is 4.89. The summed E-state index contributed by atoms with van der Waals surface area (Å²) in [6.45, 7) is 3.79. The average Bonchev–Trinajstić information content (AvgIpc) is 2.81. The van der Waals surface area contributed by atoms with Crippen molar-refractivity contribution in [2.24, 2.45) is 5.92 Å². The van der Waals surface area contributed by atoms with Crippen molar-refractivity contribution in [2.45, 2.75) is 39.2 Å². The second-order valence-electron chi connectivity index (χ2n) is 4.37. The third kappa shape index (κ3) is 4.20. The van der Waals surface area contributed by atoms with Gasteiger partial charge >= 0.3 is 5.97 Å². The minimum Gasteiger partial charge on any atom is -0.480 e. The van der Waals surface area contributed by atoms with Gasteiger partial charge in [0, 0.05) is 24.2 Å². The van der Waals surface area contributed by atoms with Crippen LogP contribution in [0, 0.1) is 5.92 Å². The Hall–Kier alpha value is -1.85. The van der Waals surface area contributed by atoms with Gasteiger partial charge in [0.05, 0.1) is 6.33 Å². The Labute approximate surface area is 106 Å². The monoisotopic (exact) mass is 253 g/mol. The Kier molecular flexibility index (Phi) is 5.35. The molecule has 1 aromatic heterocycles. The van der Waals surface area contributed by atoms with Crippen molar-refractivity contribution in [3.8, 4) is 0 Å². The van der Waals surface area contributed by atoms with Gasteiger partial charge in [0.25, 0.3) is 0 Å². The van der Waals surface area contributed by atoms with Crippen LogP contribution in [-0.2, 0) is 16.0 Å². The number of hydrogen-bond donors (Lipinski definition) is 3. The van der Waals surface area contributed by atoms with Crippen molar-refractivity contribution in [3.63, 3.8) is 0 Å². The molecule has 1 aromatic rings. The van der Waals surface area contributed by atoms with E-state index < -0.39 is 12.0 Å². The Morgan fingerprint density at radius 2 is 2.28 bits per heavy atom. The Bertz CT molecular complexity index is 389. The topological polar surface area (TPSA) is 95.1 Å². The number of carbonyl (C=O) groups excluding carboxylic acids is 1. The highest BCUT2D eigenvalue weighted by molar-refractivity contribution is 5.84. The molecule has 18 heavy (non-hydrogen) atoms. The molecule has 1 rings (SSSR count). The summed E-state index contributed by atoms with van der Waals surface area (Å²) >= 11 is 0. The van der Waals surface area contributed by atoms with Crippen LogP contribution >= 0.6 is 0 Å². The van der Waals surface area contributed by atoms with Crippen molar-refractivity contribution in [2.75, 3.05) is 0 Å². The number of aromatic nitrogens is 2. The highest BCUT2D eigenvalue weighted by Gasteiger charge is 2.23. The number of carboxylic acids is 1. The van der Waals surface area contributed by atoms with Gasteiger partial charge in [-0.25, -0.2) is 9.78 Å². The maximum Gasteiger partial charge on any atom is 0.326 e. The van der Waals surface area contributed by atoms with Gasteiger partial charge in [-0.15, -0.1) is 0 Å². The second-order valence-corrected chi connectivity index (χ2v) is 4.37. The molecule has 0 aliphatic heterocycles. The molecule has 6 heteroatoms. The van der Waals surface area contributed by atoms with E-state index in [4.69, 9.17) is 5.11 Å². The predicted molar refractivity (Wildman–Crippen MR) is 65.9 cm³/mol. The van der Waals surface area contributed by atoms with E-state index in [9.17, 15) is 9.59 Å². The number of H-pyrrole nitrogens is 1. The summed E-state index contributed by atoms with van der Waals surface area (Å²) in [7, 11) is 0. The molecule has 0 aliphatic carbocycles. The molecule has 3 N–H and O–H groups in total. The van der Waals surface area contributed by atoms with Gasteiger partial charge in [0.15, 0.2) is 0 Å². The first-order chi connectivity index (χ1) is 8.54. The van der Waals surface area contributed by atoms with Crippen LogP contribution in [-0.4, -0.2) is 33.0 Å². The number of carbonyl (C=O) groups is 2. The molecule has 6 nitrogen and oxygen atoms in total. The molecule has 0 aromatic carbocycles. The van der Waals surface area contributed by atoms with Crippen molar-refractivity contribution >= 4 is 11.9 Å². The van der Waals surface area contributed by atoms with Crippen LogP contribution in [0.1, 0.15) is 32.4 Å². The summed E-state index contributed by atoms with van der Waals surface area (Å²) < 4.78 is 0. The first kappa shape index (κ1) is 14.2. The number of aromatic amines is 1. The van der Waals surface area contributed by atoms with Crippen LogP contribution in [0.3, 0.4) is 0 Å². The van der Waals surface area contributed by atoms with E-state index >= 15 is 0 Å².